The lowest BCUT2D eigenvalue weighted by Gasteiger charge is -2.27. The number of hydrogen-bond donors (Lipinski definition) is 2. The molecule has 3 rings (SSSR count). The molecule has 108 valence electrons. The Morgan fingerprint density at radius 2 is 2.05 bits per heavy atom. The van der Waals surface area contributed by atoms with Crippen molar-refractivity contribution in [3.8, 4) is 0 Å². The van der Waals surface area contributed by atoms with Gasteiger partial charge in [0.1, 0.15) is 6.04 Å². The summed E-state index contributed by atoms with van der Waals surface area (Å²) >= 11 is 0. The molecular weight excluding hydrogens is 252 g/mol. The fourth-order valence-corrected chi connectivity index (χ4v) is 2.95. The van der Waals surface area contributed by atoms with Crippen molar-refractivity contribution in [2.75, 3.05) is 25.1 Å². The Morgan fingerprint density at radius 3 is 2.90 bits per heavy atom. The van der Waals surface area contributed by atoms with Gasteiger partial charge in [-0.05, 0) is 43.2 Å². The molecule has 2 aliphatic heterocycles. The normalized spacial score (nSPS) is 22.7. The molecule has 0 radical (unpaired) electrons. The van der Waals surface area contributed by atoms with Crippen LogP contribution in [0.25, 0.3) is 0 Å². The number of carbonyl (C=O) groups is 1. The van der Waals surface area contributed by atoms with Crippen molar-refractivity contribution in [1.82, 2.24) is 5.32 Å². The van der Waals surface area contributed by atoms with Gasteiger partial charge < -0.3 is 15.4 Å². The number of aryl methyl sites for hydroxylation is 1. The van der Waals surface area contributed by atoms with Crippen LogP contribution < -0.4 is 10.6 Å². The van der Waals surface area contributed by atoms with E-state index in [-0.39, 0.29) is 11.9 Å². The predicted molar refractivity (Wildman–Crippen MR) is 78.7 cm³/mol. The third-order valence-corrected chi connectivity index (χ3v) is 4.27. The zero-order chi connectivity index (χ0) is 13.8. The Labute approximate surface area is 119 Å². The molecule has 0 bridgehead atoms. The van der Waals surface area contributed by atoms with Gasteiger partial charge in [-0.15, -0.1) is 0 Å². The molecule has 0 saturated carbocycles. The number of benzene rings is 1. The van der Waals surface area contributed by atoms with E-state index in [0.29, 0.717) is 5.92 Å². The summed E-state index contributed by atoms with van der Waals surface area (Å²) in [7, 11) is 0. The molecule has 1 fully saturated rings. The van der Waals surface area contributed by atoms with Crippen LogP contribution in [-0.2, 0) is 16.0 Å². The first-order valence-corrected chi connectivity index (χ1v) is 7.53. The van der Waals surface area contributed by atoms with Gasteiger partial charge in [0, 0.05) is 25.4 Å². The molecule has 0 aromatic heterocycles. The van der Waals surface area contributed by atoms with Gasteiger partial charge in [-0.25, -0.2) is 0 Å². The number of ether oxygens (including phenoxy) is 1. The van der Waals surface area contributed by atoms with Crippen LogP contribution in [0.3, 0.4) is 0 Å². The number of fused-ring (bicyclic) bond motifs is 1. The van der Waals surface area contributed by atoms with Crippen LogP contribution in [0.15, 0.2) is 24.3 Å². The van der Waals surface area contributed by atoms with E-state index in [2.05, 4.69) is 16.7 Å². The van der Waals surface area contributed by atoms with Crippen molar-refractivity contribution in [1.29, 1.82) is 0 Å². The second-order valence-corrected chi connectivity index (χ2v) is 5.69. The van der Waals surface area contributed by atoms with E-state index < -0.39 is 0 Å². The highest BCUT2D eigenvalue weighted by atomic mass is 16.5. The molecule has 20 heavy (non-hydrogen) atoms. The van der Waals surface area contributed by atoms with E-state index >= 15 is 0 Å². The molecule has 2 aliphatic rings. The zero-order valence-corrected chi connectivity index (χ0v) is 11.7. The number of amides is 1. The topological polar surface area (TPSA) is 50.4 Å². The molecule has 4 heteroatoms. The van der Waals surface area contributed by atoms with Crippen LogP contribution in [0.2, 0.25) is 0 Å². The maximum atomic E-state index is 12.2. The van der Waals surface area contributed by atoms with Gasteiger partial charge in [0.2, 0.25) is 5.91 Å². The predicted octanol–water partition coefficient (Wildman–Crippen LogP) is 1.96. The summed E-state index contributed by atoms with van der Waals surface area (Å²) in [5, 5.41) is 6.44. The Hall–Kier alpha value is -1.55. The van der Waals surface area contributed by atoms with Gasteiger partial charge in [0.25, 0.3) is 0 Å². The summed E-state index contributed by atoms with van der Waals surface area (Å²) in [5.74, 6) is 0.703. The van der Waals surface area contributed by atoms with Gasteiger partial charge >= 0.3 is 0 Å². The highest BCUT2D eigenvalue weighted by Crippen LogP contribution is 2.24. The Morgan fingerprint density at radius 1 is 1.25 bits per heavy atom. The van der Waals surface area contributed by atoms with Crippen molar-refractivity contribution >= 4 is 11.6 Å². The lowest BCUT2D eigenvalue weighted by molar-refractivity contribution is -0.122. The number of carbonyl (C=O) groups excluding carboxylic acids is 1. The quantitative estimate of drug-likeness (QED) is 0.886. The maximum Gasteiger partial charge on any atom is 0.242 e. The fourth-order valence-electron chi connectivity index (χ4n) is 2.95. The Balaban J connectivity index is 1.51. The summed E-state index contributed by atoms with van der Waals surface area (Å²) < 4.78 is 5.34. The standard InChI is InChI=1S/C16H22N2O2/c19-16(17-11-12-7-9-20-10-8-12)15-6-5-13-3-1-2-4-14(13)18-15/h1-4,12,15,18H,5-11H2,(H,17,19). The zero-order valence-electron chi connectivity index (χ0n) is 11.7. The second kappa shape index (κ2) is 6.27. The number of para-hydroxylation sites is 1. The summed E-state index contributed by atoms with van der Waals surface area (Å²) in [6.45, 7) is 2.44. The van der Waals surface area contributed by atoms with Crippen LogP contribution >= 0.6 is 0 Å². The van der Waals surface area contributed by atoms with Crippen molar-refractivity contribution < 1.29 is 9.53 Å². The summed E-state index contributed by atoms with van der Waals surface area (Å²) in [5.41, 5.74) is 2.41. The minimum absolute atomic E-state index is 0.0928. The molecule has 2 N–H and O–H groups in total. The molecule has 0 aliphatic carbocycles. The van der Waals surface area contributed by atoms with E-state index in [9.17, 15) is 4.79 Å². The number of rotatable bonds is 3. The van der Waals surface area contributed by atoms with Crippen LogP contribution in [0.1, 0.15) is 24.8 Å². The average molecular weight is 274 g/mol. The lowest BCUT2D eigenvalue weighted by atomic mass is 9.97. The Bertz CT molecular complexity index is 469. The molecule has 1 unspecified atom stereocenters. The van der Waals surface area contributed by atoms with Gasteiger partial charge in [0.15, 0.2) is 0 Å². The Kier molecular flexibility index (Phi) is 4.21. The molecule has 1 amide bonds. The molecule has 4 nitrogen and oxygen atoms in total. The van der Waals surface area contributed by atoms with E-state index in [1.807, 2.05) is 18.2 Å². The summed E-state index contributed by atoms with van der Waals surface area (Å²) in [6.07, 6.45) is 3.96. The van der Waals surface area contributed by atoms with Crippen LogP contribution in [0, 0.1) is 5.92 Å². The van der Waals surface area contributed by atoms with Crippen LogP contribution in [0.5, 0.6) is 0 Å². The fraction of sp³-hybridized carbons (Fsp3) is 0.562. The molecule has 1 aromatic carbocycles. The smallest absolute Gasteiger partial charge is 0.242 e. The third kappa shape index (κ3) is 3.12. The van der Waals surface area contributed by atoms with E-state index in [1.165, 1.54) is 5.56 Å². The first-order valence-electron chi connectivity index (χ1n) is 7.53. The van der Waals surface area contributed by atoms with Crippen molar-refractivity contribution in [3.63, 3.8) is 0 Å². The maximum absolute atomic E-state index is 12.2. The minimum Gasteiger partial charge on any atom is -0.381 e. The average Bonchev–Trinajstić information content (AvgIpc) is 2.53. The monoisotopic (exact) mass is 274 g/mol. The molecule has 1 atom stereocenters. The van der Waals surface area contributed by atoms with E-state index in [0.717, 1.165) is 51.1 Å². The SMILES string of the molecule is O=C(NCC1CCOCC1)C1CCc2ccccc2N1. The molecule has 0 spiro atoms. The first-order chi connectivity index (χ1) is 9.83. The largest absolute Gasteiger partial charge is 0.381 e. The summed E-state index contributed by atoms with van der Waals surface area (Å²) in [4.78, 5) is 12.2. The van der Waals surface area contributed by atoms with Crippen molar-refractivity contribution in [3.05, 3.63) is 29.8 Å². The molecule has 2 heterocycles. The number of nitrogens with one attached hydrogen (secondary N) is 2. The van der Waals surface area contributed by atoms with Gasteiger partial charge in [-0.1, -0.05) is 18.2 Å². The molecule has 1 saturated heterocycles. The van der Waals surface area contributed by atoms with Gasteiger partial charge in [-0.2, -0.15) is 0 Å². The summed E-state index contributed by atoms with van der Waals surface area (Å²) in [6, 6.07) is 8.14. The first kappa shape index (κ1) is 13.4. The van der Waals surface area contributed by atoms with Crippen molar-refractivity contribution in [2.45, 2.75) is 31.7 Å². The van der Waals surface area contributed by atoms with Gasteiger partial charge in [-0.3, -0.25) is 4.79 Å². The van der Waals surface area contributed by atoms with E-state index in [4.69, 9.17) is 4.74 Å². The molecule has 1 aromatic rings. The highest BCUT2D eigenvalue weighted by molar-refractivity contribution is 5.85. The van der Waals surface area contributed by atoms with Crippen LogP contribution in [-0.4, -0.2) is 31.7 Å². The number of hydrogen-bond acceptors (Lipinski definition) is 3. The van der Waals surface area contributed by atoms with E-state index in [1.54, 1.807) is 0 Å². The van der Waals surface area contributed by atoms with Crippen LogP contribution in [0.4, 0.5) is 5.69 Å². The highest BCUT2D eigenvalue weighted by Gasteiger charge is 2.24. The lowest BCUT2D eigenvalue weighted by Crippen LogP contribution is -2.43. The second-order valence-electron chi connectivity index (χ2n) is 5.69. The number of anilines is 1. The third-order valence-electron chi connectivity index (χ3n) is 4.27. The van der Waals surface area contributed by atoms with Crippen molar-refractivity contribution in [2.24, 2.45) is 5.92 Å². The van der Waals surface area contributed by atoms with Gasteiger partial charge in [0.05, 0.1) is 0 Å². The molecular formula is C16H22N2O2. The minimum atomic E-state index is -0.0928.